The average molecular weight is 327 g/mol. The Morgan fingerprint density at radius 1 is 1.30 bits per heavy atom. The van der Waals surface area contributed by atoms with E-state index in [2.05, 4.69) is 6.07 Å². The average Bonchev–Trinajstić information content (AvgIpc) is 2.58. The largest absolute Gasteiger partial charge is 0.618 e. The Morgan fingerprint density at radius 2 is 2.00 bits per heavy atom. The van der Waals surface area contributed by atoms with Crippen molar-refractivity contribution >= 4 is 23.4 Å². The Kier molecular flexibility index (Phi) is 6.01. The van der Waals surface area contributed by atoms with Gasteiger partial charge in [-0.3, -0.25) is 4.79 Å². The molecule has 0 aliphatic heterocycles. The molecule has 6 heteroatoms. The second-order valence-electron chi connectivity index (χ2n) is 4.86. The lowest BCUT2D eigenvalue weighted by Crippen LogP contribution is -2.38. The van der Waals surface area contributed by atoms with Crippen LogP contribution in [0.15, 0.2) is 59.8 Å². The summed E-state index contributed by atoms with van der Waals surface area (Å²) in [6.07, 6.45) is 1.66. The quantitative estimate of drug-likeness (QED) is 0.465. The van der Waals surface area contributed by atoms with E-state index in [0.717, 1.165) is 10.4 Å². The Morgan fingerprint density at radius 3 is 2.65 bits per heavy atom. The first-order valence-electron chi connectivity index (χ1n) is 7.21. The van der Waals surface area contributed by atoms with E-state index in [4.69, 9.17) is 5.26 Å². The maximum atomic E-state index is 12.7. The zero-order valence-corrected chi connectivity index (χ0v) is 13.6. The number of benzene rings is 1. The van der Waals surface area contributed by atoms with Crippen LogP contribution in [0.4, 0.5) is 5.69 Å². The standard InChI is InChI=1S/C17H17N3O2S/c1-14(23-16-10-5-6-13-20(16)22)17(21)19(12-7-11-18)15-8-3-2-4-9-15/h2-6,8-10,13-14H,7,12H2,1H3. The van der Waals surface area contributed by atoms with E-state index in [0.29, 0.717) is 11.6 Å². The molecular weight excluding hydrogens is 310 g/mol. The number of carbonyl (C=O) groups is 1. The minimum absolute atomic E-state index is 0.125. The summed E-state index contributed by atoms with van der Waals surface area (Å²) in [6, 6.07) is 16.4. The molecule has 0 spiro atoms. The molecule has 1 amide bonds. The molecule has 0 N–H and O–H groups in total. The molecule has 2 aromatic rings. The zero-order chi connectivity index (χ0) is 16.7. The summed E-state index contributed by atoms with van der Waals surface area (Å²) >= 11 is 1.21. The fourth-order valence-electron chi connectivity index (χ4n) is 2.09. The molecule has 1 aromatic carbocycles. The lowest BCUT2D eigenvalue weighted by molar-refractivity contribution is -0.645. The van der Waals surface area contributed by atoms with Gasteiger partial charge < -0.3 is 10.1 Å². The number of hydrogen-bond acceptors (Lipinski definition) is 4. The summed E-state index contributed by atoms with van der Waals surface area (Å²) in [5.41, 5.74) is 0.753. The van der Waals surface area contributed by atoms with E-state index in [1.807, 2.05) is 30.3 Å². The van der Waals surface area contributed by atoms with E-state index in [-0.39, 0.29) is 12.3 Å². The molecule has 118 valence electrons. The number of pyridine rings is 1. The van der Waals surface area contributed by atoms with Crippen molar-refractivity contribution in [3.63, 3.8) is 0 Å². The summed E-state index contributed by atoms with van der Waals surface area (Å²) < 4.78 is 0.747. The number of rotatable bonds is 6. The maximum Gasteiger partial charge on any atom is 0.252 e. The molecular formula is C17H17N3O2S. The molecule has 0 saturated heterocycles. The Bertz CT molecular complexity index is 700. The van der Waals surface area contributed by atoms with Crippen molar-refractivity contribution in [2.45, 2.75) is 23.6 Å². The van der Waals surface area contributed by atoms with E-state index < -0.39 is 5.25 Å². The Balaban J connectivity index is 2.16. The SMILES string of the molecule is CC(Sc1cccc[n+]1[O-])C(=O)N(CCC#N)c1ccccc1. The highest BCUT2D eigenvalue weighted by Crippen LogP contribution is 2.24. The molecule has 2 rings (SSSR count). The predicted octanol–water partition coefficient (Wildman–Crippen LogP) is 2.75. The van der Waals surface area contributed by atoms with Gasteiger partial charge in [-0.1, -0.05) is 18.2 Å². The first kappa shape index (κ1) is 16.8. The number of hydrogen-bond donors (Lipinski definition) is 0. The highest BCUT2D eigenvalue weighted by molar-refractivity contribution is 8.00. The molecule has 0 aliphatic rings. The predicted molar refractivity (Wildman–Crippen MR) is 89.7 cm³/mol. The normalized spacial score (nSPS) is 11.5. The van der Waals surface area contributed by atoms with Gasteiger partial charge >= 0.3 is 0 Å². The van der Waals surface area contributed by atoms with Gasteiger partial charge in [-0.2, -0.15) is 9.99 Å². The summed E-state index contributed by atoms with van der Waals surface area (Å²) in [6.45, 7) is 2.10. The molecule has 1 aromatic heterocycles. The van der Waals surface area contributed by atoms with E-state index in [9.17, 15) is 10.0 Å². The van der Waals surface area contributed by atoms with Crippen LogP contribution in [0, 0.1) is 16.5 Å². The van der Waals surface area contributed by atoms with Gasteiger partial charge in [0.1, 0.15) is 0 Å². The third kappa shape index (κ3) is 4.47. The van der Waals surface area contributed by atoms with Crippen molar-refractivity contribution in [3.05, 3.63) is 59.9 Å². The van der Waals surface area contributed by atoms with Crippen molar-refractivity contribution in [3.8, 4) is 6.07 Å². The summed E-state index contributed by atoms with van der Waals surface area (Å²) in [7, 11) is 0. The third-order valence-corrected chi connectivity index (χ3v) is 4.33. The molecule has 1 atom stereocenters. The first-order valence-corrected chi connectivity index (χ1v) is 8.09. The van der Waals surface area contributed by atoms with Crippen molar-refractivity contribution in [2.75, 3.05) is 11.4 Å². The minimum atomic E-state index is -0.434. The van der Waals surface area contributed by atoms with Crippen LogP contribution in [0.1, 0.15) is 13.3 Å². The number of anilines is 1. The maximum absolute atomic E-state index is 12.7. The molecule has 0 aliphatic carbocycles. The highest BCUT2D eigenvalue weighted by Gasteiger charge is 2.24. The van der Waals surface area contributed by atoms with Crippen LogP contribution in [0.3, 0.4) is 0 Å². The number of nitriles is 1. The summed E-state index contributed by atoms with van der Waals surface area (Å²) in [4.78, 5) is 14.3. The van der Waals surface area contributed by atoms with Crippen molar-refractivity contribution < 1.29 is 9.52 Å². The molecule has 5 nitrogen and oxygen atoms in total. The fraction of sp³-hybridized carbons (Fsp3) is 0.235. The molecule has 0 bridgehead atoms. The molecule has 0 saturated carbocycles. The minimum Gasteiger partial charge on any atom is -0.618 e. The molecule has 0 radical (unpaired) electrons. The number of carbonyl (C=O) groups excluding carboxylic acids is 1. The van der Waals surface area contributed by atoms with Gasteiger partial charge in [-0.25, -0.2) is 0 Å². The van der Waals surface area contributed by atoms with Gasteiger partial charge in [0.15, 0.2) is 6.20 Å². The molecule has 1 unspecified atom stereocenters. The number of aromatic nitrogens is 1. The lowest BCUT2D eigenvalue weighted by Gasteiger charge is -2.24. The zero-order valence-electron chi connectivity index (χ0n) is 12.8. The van der Waals surface area contributed by atoms with Gasteiger partial charge in [0.2, 0.25) is 5.91 Å². The van der Waals surface area contributed by atoms with Crippen molar-refractivity contribution in [1.82, 2.24) is 0 Å². The molecule has 0 fully saturated rings. The van der Waals surface area contributed by atoms with Crippen molar-refractivity contribution in [1.29, 1.82) is 5.26 Å². The first-order chi connectivity index (χ1) is 11.1. The van der Waals surface area contributed by atoms with Crippen LogP contribution in [-0.2, 0) is 4.79 Å². The van der Waals surface area contributed by atoms with Crippen LogP contribution in [0.25, 0.3) is 0 Å². The Hall–Kier alpha value is -2.52. The second-order valence-corrected chi connectivity index (χ2v) is 6.22. The van der Waals surface area contributed by atoms with Crippen LogP contribution in [0.2, 0.25) is 0 Å². The van der Waals surface area contributed by atoms with Gasteiger partial charge in [0.25, 0.3) is 5.03 Å². The van der Waals surface area contributed by atoms with Crippen LogP contribution >= 0.6 is 11.8 Å². The van der Waals surface area contributed by atoms with Gasteiger partial charge in [0, 0.05) is 24.4 Å². The summed E-state index contributed by atoms with van der Waals surface area (Å²) in [5, 5.41) is 20.6. The smallest absolute Gasteiger partial charge is 0.252 e. The van der Waals surface area contributed by atoms with Crippen LogP contribution in [0.5, 0.6) is 0 Å². The Labute approximate surface area is 139 Å². The number of nitrogens with zero attached hydrogens (tertiary/aromatic N) is 3. The van der Waals surface area contributed by atoms with Crippen molar-refractivity contribution in [2.24, 2.45) is 0 Å². The van der Waals surface area contributed by atoms with E-state index in [1.165, 1.54) is 18.0 Å². The van der Waals surface area contributed by atoms with E-state index >= 15 is 0 Å². The van der Waals surface area contributed by atoms with Gasteiger partial charge in [-0.15, -0.1) is 0 Å². The van der Waals surface area contributed by atoms with Crippen LogP contribution in [-0.4, -0.2) is 17.7 Å². The molecule has 1 heterocycles. The van der Waals surface area contributed by atoms with Gasteiger partial charge in [0.05, 0.1) is 17.7 Å². The van der Waals surface area contributed by atoms with E-state index in [1.54, 1.807) is 30.0 Å². The van der Waals surface area contributed by atoms with Crippen LogP contribution < -0.4 is 9.63 Å². The molecule has 23 heavy (non-hydrogen) atoms. The third-order valence-electron chi connectivity index (χ3n) is 3.21. The topological polar surface area (TPSA) is 71.0 Å². The highest BCUT2D eigenvalue weighted by atomic mass is 32.2. The fourth-order valence-corrected chi connectivity index (χ4v) is 3.00. The number of thioether (sulfide) groups is 1. The lowest BCUT2D eigenvalue weighted by atomic mass is 10.2. The number of amides is 1. The number of para-hydroxylation sites is 1. The second kappa shape index (κ2) is 8.20. The van der Waals surface area contributed by atoms with Gasteiger partial charge in [-0.05, 0) is 36.9 Å². The monoisotopic (exact) mass is 327 g/mol. The summed E-state index contributed by atoms with van der Waals surface area (Å²) in [5.74, 6) is -0.125.